The van der Waals surface area contributed by atoms with Gasteiger partial charge in [-0.25, -0.2) is 87.8 Å². The monoisotopic (exact) mass is 971 g/mol. The fourth-order valence-electron chi connectivity index (χ4n) is 7.38. The molecule has 0 N–H and O–H groups in total. The summed E-state index contributed by atoms with van der Waals surface area (Å²) in [5, 5.41) is 1.13. The van der Waals surface area contributed by atoms with Crippen molar-refractivity contribution >= 4 is 44.7 Å². The number of hydrogen-bond acceptors (Lipinski definition) is 2. The Morgan fingerprint density at radius 3 is 1.04 bits per heavy atom. The lowest BCUT2D eigenvalue weighted by Gasteiger charge is -2.44. The summed E-state index contributed by atoms with van der Waals surface area (Å²) in [6, 6.07) is 19.4. The van der Waals surface area contributed by atoms with E-state index < -0.39 is 144 Å². The van der Waals surface area contributed by atoms with Crippen molar-refractivity contribution in [2.75, 3.05) is 6.61 Å². The van der Waals surface area contributed by atoms with E-state index in [1.165, 1.54) is 0 Å². The number of nitrogens with zero attached hydrogens (tertiary/aromatic N) is 1. The first-order chi connectivity index (χ1) is 31.5. The molecule has 3 nitrogen and oxygen atoms in total. The summed E-state index contributed by atoms with van der Waals surface area (Å²) >= 11 is 0. The van der Waals surface area contributed by atoms with Gasteiger partial charge in [-0.15, -0.1) is 21.9 Å². The van der Waals surface area contributed by atoms with Crippen LogP contribution in [-0.2, 0) is 6.54 Å². The molecule has 0 saturated carbocycles. The third kappa shape index (κ3) is 7.94. The molecule has 0 fully saturated rings. The van der Waals surface area contributed by atoms with Crippen LogP contribution in [0.5, 0.6) is 5.75 Å². The van der Waals surface area contributed by atoms with Crippen LogP contribution in [0, 0.1) is 116 Å². The molecule has 0 bridgehead atoms. The van der Waals surface area contributed by atoms with Gasteiger partial charge in [0.2, 0.25) is 17.8 Å². The highest BCUT2D eigenvalue weighted by molar-refractivity contribution is 7.20. The number of carbonyl (C=O) groups excluding carboxylic acids is 1. The van der Waals surface area contributed by atoms with Gasteiger partial charge in [0.05, 0.1) is 6.61 Å². The fourth-order valence-corrected chi connectivity index (χ4v) is 7.38. The van der Waals surface area contributed by atoms with E-state index in [9.17, 15) is 57.5 Å². The van der Waals surface area contributed by atoms with Crippen LogP contribution >= 0.6 is 0 Å². The molecule has 1 heterocycles. The number of aromatic nitrogens is 1. The fraction of sp³-hybridized carbons (Fsp3) is 0.0698. The van der Waals surface area contributed by atoms with Gasteiger partial charge in [-0.3, -0.25) is 4.79 Å². The molecule has 1 aromatic heterocycles. The molecule has 24 heteroatoms. The Kier molecular flexibility index (Phi) is 13.7. The maximum absolute atomic E-state index is 15.4. The van der Waals surface area contributed by atoms with Gasteiger partial charge in [-0.2, -0.15) is 4.57 Å². The van der Waals surface area contributed by atoms with Gasteiger partial charge >= 0.3 is 0 Å². The highest BCUT2D eigenvalue weighted by atomic mass is 19.2. The third-order valence-corrected chi connectivity index (χ3v) is 10.3. The van der Waals surface area contributed by atoms with Crippen molar-refractivity contribution in [2.45, 2.75) is 13.5 Å². The second-order valence-corrected chi connectivity index (χ2v) is 13.9. The minimum Gasteiger partial charge on any atom is -0.494 e. The number of para-hydroxylation sites is 1. The van der Waals surface area contributed by atoms with E-state index in [0.717, 1.165) is 16.7 Å². The lowest BCUT2D eigenvalue weighted by Crippen LogP contribution is -2.81. The molecule has 67 heavy (non-hydrogen) atoms. The third-order valence-electron chi connectivity index (χ3n) is 10.3. The quantitative estimate of drug-likeness (QED) is 0.0361. The van der Waals surface area contributed by atoms with Gasteiger partial charge in [-0.1, -0.05) is 12.1 Å². The predicted octanol–water partition coefficient (Wildman–Crippen LogP) is 9.25. The number of fused-ring (bicyclic) bond motifs is 1. The molecule has 0 unspecified atom stereocenters. The molecule has 0 amide bonds. The zero-order valence-electron chi connectivity index (χ0n) is 32.7. The van der Waals surface area contributed by atoms with Gasteiger partial charge in [-0.05, 0) is 43.3 Å². The number of ether oxygens (including phenoxy) is 1. The van der Waals surface area contributed by atoms with Crippen LogP contribution in [0.25, 0.3) is 10.9 Å². The second-order valence-electron chi connectivity index (χ2n) is 13.9. The topological polar surface area (TPSA) is 30.2 Å². The normalized spacial score (nSPS) is 11.5. The Hall–Kier alpha value is -7.14. The van der Waals surface area contributed by atoms with Crippen LogP contribution in [0.2, 0.25) is 0 Å². The van der Waals surface area contributed by atoms with E-state index in [2.05, 4.69) is 0 Å². The van der Waals surface area contributed by atoms with Gasteiger partial charge in [0.15, 0.2) is 76.0 Å². The molecular formula is C43H18BF20NO2. The number of rotatable bonds is 9. The number of benzene rings is 6. The molecular weight excluding hydrogens is 953 g/mol. The van der Waals surface area contributed by atoms with Gasteiger partial charge in [0.25, 0.3) is 0 Å². The molecule has 0 atom stereocenters. The Labute approximate surface area is 361 Å². The van der Waals surface area contributed by atoms with Gasteiger partial charge in [0, 0.05) is 23.1 Å². The average molecular weight is 971 g/mol. The zero-order valence-corrected chi connectivity index (χ0v) is 32.7. The Bertz CT molecular complexity index is 2760. The largest absolute Gasteiger partial charge is 0.494 e. The SMILES string of the molecule is CCOc1ccc(C(=O)C[n+]2cccc3ccccc32)cc1.Fc1c(F)c(F)c([B-](c2c(F)c(F)c(F)c(F)c2F)(c2c(F)c(F)c(F)c(F)c2F)c2c(F)c(F)c(F)c(F)c2F)c(F)c1F. The van der Waals surface area contributed by atoms with Gasteiger partial charge in [0.1, 0.15) is 58.4 Å². The maximum atomic E-state index is 15.4. The predicted molar refractivity (Wildman–Crippen MR) is 195 cm³/mol. The van der Waals surface area contributed by atoms with Crippen LogP contribution < -0.4 is 31.2 Å². The van der Waals surface area contributed by atoms with Crippen LogP contribution in [0.1, 0.15) is 17.3 Å². The average Bonchev–Trinajstić information content (AvgIpc) is 3.32. The number of hydrogen-bond donors (Lipinski definition) is 0. The van der Waals surface area contributed by atoms with E-state index in [1.807, 2.05) is 78.4 Å². The van der Waals surface area contributed by atoms with Crippen LogP contribution in [0.4, 0.5) is 87.8 Å². The van der Waals surface area contributed by atoms with E-state index in [-0.39, 0.29) is 5.78 Å². The Balaban J connectivity index is 0.000000279. The van der Waals surface area contributed by atoms with E-state index in [1.54, 1.807) is 0 Å². The van der Waals surface area contributed by atoms with Crippen molar-refractivity contribution in [3.8, 4) is 5.75 Å². The molecule has 0 aliphatic rings. The first-order valence-corrected chi connectivity index (χ1v) is 18.3. The molecule has 0 spiro atoms. The van der Waals surface area contributed by atoms with Crippen molar-refractivity contribution in [2.24, 2.45) is 0 Å². The lowest BCUT2D eigenvalue weighted by molar-refractivity contribution is -0.657. The number of halogens is 20. The number of Topliss-reactive ketones (excluding diaryl/α,β-unsaturated/α-hetero) is 1. The Morgan fingerprint density at radius 2 is 0.716 bits per heavy atom. The van der Waals surface area contributed by atoms with E-state index >= 15 is 35.1 Å². The molecule has 0 radical (unpaired) electrons. The van der Waals surface area contributed by atoms with Crippen LogP contribution in [0.3, 0.4) is 0 Å². The zero-order chi connectivity index (χ0) is 49.7. The van der Waals surface area contributed by atoms with E-state index in [4.69, 9.17) is 4.74 Å². The highest BCUT2D eigenvalue weighted by Crippen LogP contribution is 2.31. The summed E-state index contributed by atoms with van der Waals surface area (Å²) in [7, 11) is 0. The molecule has 7 aromatic rings. The molecule has 0 saturated heterocycles. The number of carbonyl (C=O) groups is 1. The van der Waals surface area contributed by atoms with Crippen LogP contribution in [0.15, 0.2) is 66.9 Å². The van der Waals surface area contributed by atoms with E-state index in [0.29, 0.717) is 18.7 Å². The van der Waals surface area contributed by atoms with Crippen molar-refractivity contribution in [1.29, 1.82) is 0 Å². The lowest BCUT2D eigenvalue weighted by atomic mass is 9.12. The summed E-state index contributed by atoms with van der Waals surface area (Å²) in [6.07, 6.45) is -5.28. The molecule has 6 aromatic carbocycles. The summed E-state index contributed by atoms with van der Waals surface area (Å²) < 4.78 is 301. The minimum atomic E-state index is -7.22. The smallest absolute Gasteiger partial charge is 0.227 e. The standard InChI is InChI=1S/C24BF20.C19H18NO2/c26-5-1(6(27)14(35)21(42)13(5)34)25(2-7(28)15(36)22(43)16(37)8(2)29,3-9(30)17(38)23(44)18(39)10(3)31)4-11(32)19(40)24(45)20(41)12(4)33;1-2-22-17-11-9-16(10-12-17)19(21)14-20-13-5-7-15-6-3-4-8-18(15)20/h;3-13H,2,14H2,1H3/q-1;+1. The van der Waals surface area contributed by atoms with Crippen molar-refractivity contribution < 1.29 is 102 Å². The van der Waals surface area contributed by atoms with Crippen molar-refractivity contribution in [1.82, 2.24) is 0 Å². The number of ketones is 1. The molecule has 350 valence electrons. The van der Waals surface area contributed by atoms with Crippen LogP contribution in [-0.4, -0.2) is 18.5 Å². The number of pyridine rings is 1. The summed E-state index contributed by atoms with van der Waals surface area (Å²) in [5.41, 5.74) is -12.6. The maximum Gasteiger partial charge on any atom is 0.227 e. The van der Waals surface area contributed by atoms with Crippen molar-refractivity contribution in [3.05, 3.63) is 189 Å². The first kappa shape index (κ1) is 49.3. The molecule has 0 aliphatic heterocycles. The van der Waals surface area contributed by atoms with Crippen molar-refractivity contribution in [3.63, 3.8) is 0 Å². The summed E-state index contributed by atoms with van der Waals surface area (Å²) in [4.78, 5) is 12.5. The molecule has 0 aliphatic carbocycles. The highest BCUT2D eigenvalue weighted by Gasteiger charge is 2.52. The summed E-state index contributed by atoms with van der Waals surface area (Å²) in [5.74, 6) is -70.5. The minimum absolute atomic E-state index is 0.0874. The summed E-state index contributed by atoms with van der Waals surface area (Å²) in [6.45, 7) is 2.89. The van der Waals surface area contributed by atoms with Gasteiger partial charge < -0.3 is 4.74 Å². The second kappa shape index (κ2) is 18.6. The first-order valence-electron chi connectivity index (χ1n) is 18.3. The molecule has 7 rings (SSSR count). The Morgan fingerprint density at radius 1 is 0.418 bits per heavy atom.